The molecule has 1 amide bonds. The minimum Gasteiger partial charge on any atom is -0.361 e. The van der Waals surface area contributed by atoms with Gasteiger partial charge in [0, 0.05) is 22.5 Å². The van der Waals surface area contributed by atoms with Crippen molar-refractivity contribution in [2.75, 3.05) is 5.32 Å². The first-order chi connectivity index (χ1) is 9.95. The van der Waals surface area contributed by atoms with E-state index in [9.17, 15) is 4.79 Å². The average Bonchev–Trinajstić information content (AvgIpc) is 2.86. The Labute approximate surface area is 133 Å². The molecule has 0 radical (unpaired) electrons. The zero-order valence-electron chi connectivity index (χ0n) is 12.1. The number of halogens is 1. The van der Waals surface area contributed by atoms with Crippen LogP contribution in [0.4, 0.5) is 5.69 Å². The number of carbonyl (C=O) groups is 1. The molecule has 1 heterocycles. The van der Waals surface area contributed by atoms with E-state index in [2.05, 4.69) is 10.5 Å². The number of aryl methyl sites for hydroxylation is 2. The molecule has 1 atom stereocenters. The topological polar surface area (TPSA) is 55.1 Å². The summed E-state index contributed by atoms with van der Waals surface area (Å²) >= 11 is 7.46. The number of amides is 1. The lowest BCUT2D eigenvalue weighted by atomic mass is 10.2. The number of hydrogen-bond acceptors (Lipinski definition) is 4. The number of hydrogen-bond donors (Lipinski definition) is 1. The molecular weight excluding hydrogens is 308 g/mol. The number of benzene rings is 1. The first-order valence-corrected chi connectivity index (χ1v) is 7.99. The highest BCUT2D eigenvalue weighted by Gasteiger charge is 2.15. The van der Waals surface area contributed by atoms with E-state index >= 15 is 0 Å². The lowest BCUT2D eigenvalue weighted by Crippen LogP contribution is -2.23. The van der Waals surface area contributed by atoms with Crippen molar-refractivity contribution in [2.45, 2.75) is 31.8 Å². The van der Waals surface area contributed by atoms with E-state index in [-0.39, 0.29) is 11.2 Å². The van der Waals surface area contributed by atoms with Gasteiger partial charge in [0.25, 0.3) is 0 Å². The van der Waals surface area contributed by atoms with Crippen LogP contribution in [0.2, 0.25) is 5.02 Å². The molecule has 1 N–H and O–H groups in total. The lowest BCUT2D eigenvalue weighted by Gasteiger charge is -2.13. The predicted molar refractivity (Wildman–Crippen MR) is 86.8 cm³/mol. The number of nitrogens with one attached hydrogen (secondary N) is 1. The second kappa shape index (κ2) is 7.00. The summed E-state index contributed by atoms with van der Waals surface area (Å²) in [5.74, 6) is 1.36. The normalized spacial score (nSPS) is 12.2. The summed E-state index contributed by atoms with van der Waals surface area (Å²) in [5.41, 5.74) is 2.57. The Bertz CT molecular complexity index is 642. The van der Waals surface area contributed by atoms with Gasteiger partial charge in [0.05, 0.1) is 10.9 Å². The van der Waals surface area contributed by atoms with Crippen LogP contribution < -0.4 is 5.32 Å². The summed E-state index contributed by atoms with van der Waals surface area (Å²) in [5, 5.41) is 7.23. The van der Waals surface area contributed by atoms with Gasteiger partial charge in [-0.3, -0.25) is 4.79 Å². The SMILES string of the molecule is Cc1cc(CS[C@H](C)C(=O)Nc2cc(Cl)ccc2C)no1. The van der Waals surface area contributed by atoms with Gasteiger partial charge in [-0.25, -0.2) is 0 Å². The molecule has 0 fully saturated rings. The predicted octanol–water partition coefficient (Wildman–Crippen LogP) is 4.21. The van der Waals surface area contributed by atoms with Gasteiger partial charge in [-0.1, -0.05) is 22.8 Å². The van der Waals surface area contributed by atoms with Crippen molar-refractivity contribution < 1.29 is 9.32 Å². The number of nitrogens with zero attached hydrogens (tertiary/aromatic N) is 1. The lowest BCUT2D eigenvalue weighted by molar-refractivity contribution is -0.115. The highest BCUT2D eigenvalue weighted by molar-refractivity contribution is 7.99. The molecule has 2 aromatic rings. The molecule has 0 aliphatic carbocycles. The van der Waals surface area contributed by atoms with E-state index in [1.807, 2.05) is 32.9 Å². The highest BCUT2D eigenvalue weighted by Crippen LogP contribution is 2.23. The summed E-state index contributed by atoms with van der Waals surface area (Å²) < 4.78 is 5.00. The minimum absolute atomic E-state index is 0.0504. The Morgan fingerprint density at radius 2 is 2.19 bits per heavy atom. The molecule has 4 nitrogen and oxygen atoms in total. The minimum atomic E-state index is -0.194. The molecule has 0 saturated carbocycles. The number of thioether (sulfide) groups is 1. The largest absolute Gasteiger partial charge is 0.361 e. The summed E-state index contributed by atoms with van der Waals surface area (Å²) in [6, 6.07) is 7.32. The van der Waals surface area contributed by atoms with Crippen LogP contribution >= 0.6 is 23.4 Å². The Balaban J connectivity index is 1.91. The first kappa shape index (κ1) is 15.9. The fraction of sp³-hybridized carbons (Fsp3) is 0.333. The zero-order valence-corrected chi connectivity index (χ0v) is 13.7. The maximum absolute atomic E-state index is 12.2. The summed E-state index contributed by atoms with van der Waals surface area (Å²) in [6.45, 7) is 5.65. The van der Waals surface area contributed by atoms with Crippen molar-refractivity contribution in [1.82, 2.24) is 5.16 Å². The Kier molecular flexibility index (Phi) is 5.31. The Morgan fingerprint density at radius 3 is 2.86 bits per heavy atom. The van der Waals surface area contributed by atoms with Crippen LogP contribution in [0.15, 0.2) is 28.8 Å². The molecule has 21 heavy (non-hydrogen) atoms. The van der Waals surface area contributed by atoms with Crippen molar-refractivity contribution in [3.05, 3.63) is 46.3 Å². The van der Waals surface area contributed by atoms with Gasteiger partial charge in [-0.2, -0.15) is 0 Å². The van der Waals surface area contributed by atoms with Crippen molar-refractivity contribution in [1.29, 1.82) is 0 Å². The fourth-order valence-electron chi connectivity index (χ4n) is 1.74. The van der Waals surface area contributed by atoms with Crippen LogP contribution in [0.3, 0.4) is 0 Å². The van der Waals surface area contributed by atoms with Gasteiger partial charge < -0.3 is 9.84 Å². The third kappa shape index (κ3) is 4.51. The fourth-order valence-corrected chi connectivity index (χ4v) is 2.67. The average molecular weight is 325 g/mol. The van der Waals surface area contributed by atoms with Crippen LogP contribution in [-0.2, 0) is 10.5 Å². The van der Waals surface area contributed by atoms with Crippen LogP contribution in [0, 0.1) is 13.8 Å². The number of carbonyl (C=O) groups excluding carboxylic acids is 1. The van der Waals surface area contributed by atoms with Gasteiger partial charge >= 0.3 is 0 Å². The third-order valence-corrected chi connectivity index (χ3v) is 4.40. The van der Waals surface area contributed by atoms with Crippen molar-refractivity contribution in [3.63, 3.8) is 0 Å². The van der Waals surface area contributed by atoms with E-state index in [0.29, 0.717) is 10.8 Å². The first-order valence-electron chi connectivity index (χ1n) is 6.56. The molecule has 0 saturated heterocycles. The van der Waals surface area contributed by atoms with E-state index in [0.717, 1.165) is 22.7 Å². The van der Waals surface area contributed by atoms with E-state index in [1.54, 1.807) is 12.1 Å². The maximum atomic E-state index is 12.2. The zero-order chi connectivity index (χ0) is 15.4. The number of aromatic nitrogens is 1. The molecule has 0 bridgehead atoms. The summed E-state index contributed by atoms with van der Waals surface area (Å²) in [4.78, 5) is 12.2. The van der Waals surface area contributed by atoms with E-state index in [4.69, 9.17) is 16.1 Å². The molecule has 0 aliphatic heterocycles. The molecule has 112 valence electrons. The summed E-state index contributed by atoms with van der Waals surface area (Å²) in [7, 11) is 0. The van der Waals surface area contributed by atoms with Crippen molar-refractivity contribution in [3.8, 4) is 0 Å². The summed E-state index contributed by atoms with van der Waals surface area (Å²) in [6.07, 6.45) is 0. The molecule has 1 aromatic heterocycles. The molecule has 0 spiro atoms. The highest BCUT2D eigenvalue weighted by atomic mass is 35.5. The molecular formula is C15H17ClN2O2S. The van der Waals surface area contributed by atoms with Gasteiger partial charge in [0.2, 0.25) is 5.91 Å². The van der Waals surface area contributed by atoms with Crippen LogP contribution in [0.1, 0.15) is 23.9 Å². The van der Waals surface area contributed by atoms with Crippen molar-refractivity contribution in [2.24, 2.45) is 0 Å². The Hall–Kier alpha value is -1.46. The van der Waals surface area contributed by atoms with Crippen LogP contribution in [0.25, 0.3) is 0 Å². The van der Waals surface area contributed by atoms with Crippen LogP contribution in [-0.4, -0.2) is 16.3 Å². The molecule has 2 rings (SSSR count). The second-order valence-corrected chi connectivity index (χ2v) is 6.60. The number of rotatable bonds is 5. The quantitative estimate of drug-likeness (QED) is 0.895. The van der Waals surface area contributed by atoms with E-state index < -0.39 is 0 Å². The van der Waals surface area contributed by atoms with Gasteiger partial charge in [0.1, 0.15) is 5.76 Å². The monoisotopic (exact) mass is 324 g/mol. The molecule has 6 heteroatoms. The van der Waals surface area contributed by atoms with Gasteiger partial charge in [-0.05, 0) is 38.5 Å². The molecule has 1 aromatic carbocycles. The Morgan fingerprint density at radius 1 is 1.43 bits per heavy atom. The van der Waals surface area contributed by atoms with E-state index in [1.165, 1.54) is 11.8 Å². The molecule has 0 aliphatic rings. The van der Waals surface area contributed by atoms with Crippen molar-refractivity contribution >= 4 is 35.0 Å². The van der Waals surface area contributed by atoms with Gasteiger partial charge in [0.15, 0.2) is 0 Å². The van der Waals surface area contributed by atoms with Crippen LogP contribution in [0.5, 0.6) is 0 Å². The maximum Gasteiger partial charge on any atom is 0.237 e. The number of anilines is 1. The smallest absolute Gasteiger partial charge is 0.237 e. The van der Waals surface area contributed by atoms with Gasteiger partial charge in [-0.15, -0.1) is 11.8 Å². The second-order valence-electron chi connectivity index (χ2n) is 4.83. The molecule has 0 unspecified atom stereocenters. The third-order valence-electron chi connectivity index (χ3n) is 2.98. The standard InChI is InChI=1S/C15H17ClN2O2S/c1-9-4-5-12(16)7-14(9)17-15(19)11(3)21-8-13-6-10(2)20-18-13/h4-7,11H,8H2,1-3H3,(H,17,19)/t11-/m1/s1.